The van der Waals surface area contributed by atoms with Crippen molar-refractivity contribution in [2.75, 3.05) is 7.11 Å². The molecule has 0 aliphatic carbocycles. The summed E-state index contributed by atoms with van der Waals surface area (Å²) in [5.41, 5.74) is 2.58. The number of carbonyl (C=O) groups excluding carboxylic acids is 1. The fraction of sp³-hybridized carbons (Fsp3) is 0.0714. The van der Waals surface area contributed by atoms with E-state index >= 15 is 0 Å². The Hall–Kier alpha value is -2.40. The number of carbonyl (C=O) groups is 1. The van der Waals surface area contributed by atoms with Gasteiger partial charge in [0.15, 0.2) is 5.65 Å². The minimum atomic E-state index is -0.386. The fourth-order valence-electron chi connectivity index (χ4n) is 1.95. The predicted octanol–water partition coefficient (Wildman–Crippen LogP) is 2.84. The lowest BCUT2D eigenvalue weighted by Gasteiger charge is -2.05. The number of esters is 1. The van der Waals surface area contributed by atoms with Gasteiger partial charge in [0, 0.05) is 17.7 Å². The minimum absolute atomic E-state index is 0.386. The van der Waals surface area contributed by atoms with Gasteiger partial charge in [0.2, 0.25) is 0 Å². The molecule has 0 radical (unpaired) electrons. The molecule has 0 fully saturated rings. The number of methoxy groups -OCH3 is 1. The predicted molar refractivity (Wildman–Crippen MR) is 74.8 cm³/mol. The summed E-state index contributed by atoms with van der Waals surface area (Å²) in [5, 5.41) is 4.52. The number of hydrogen-bond acceptors (Lipinski definition) is 4. The molecule has 2 aromatic heterocycles. The maximum absolute atomic E-state index is 11.6. The number of hydrogen-bond donors (Lipinski definition) is 0. The van der Waals surface area contributed by atoms with Crippen LogP contribution in [-0.4, -0.2) is 27.7 Å². The molecule has 100 valence electrons. The zero-order valence-corrected chi connectivity index (χ0v) is 11.3. The number of benzene rings is 1. The van der Waals surface area contributed by atoms with E-state index in [1.54, 1.807) is 36.5 Å². The molecule has 0 spiro atoms. The molecular weight excluding hydrogens is 278 g/mol. The van der Waals surface area contributed by atoms with Crippen LogP contribution in [0.2, 0.25) is 5.15 Å². The van der Waals surface area contributed by atoms with Crippen LogP contribution >= 0.6 is 11.6 Å². The van der Waals surface area contributed by atoms with E-state index in [0.29, 0.717) is 22.1 Å². The summed E-state index contributed by atoms with van der Waals surface area (Å²) in [6.45, 7) is 0. The highest BCUT2D eigenvalue weighted by atomic mass is 35.5. The minimum Gasteiger partial charge on any atom is -0.465 e. The Bertz CT molecular complexity index is 798. The van der Waals surface area contributed by atoms with Crippen LogP contribution in [0.5, 0.6) is 0 Å². The summed E-state index contributed by atoms with van der Waals surface area (Å²) < 4.78 is 6.25. The van der Waals surface area contributed by atoms with Crippen LogP contribution in [0.1, 0.15) is 10.4 Å². The van der Waals surface area contributed by atoms with Gasteiger partial charge in [0.25, 0.3) is 0 Å². The summed E-state index contributed by atoms with van der Waals surface area (Å²) in [5.74, 6) is -0.386. The van der Waals surface area contributed by atoms with E-state index < -0.39 is 0 Å². The van der Waals surface area contributed by atoms with Gasteiger partial charge in [-0.25, -0.2) is 14.3 Å². The van der Waals surface area contributed by atoms with Gasteiger partial charge in [-0.1, -0.05) is 23.7 Å². The second kappa shape index (κ2) is 4.94. The molecule has 0 atom stereocenters. The number of nitrogens with zero attached hydrogens (tertiary/aromatic N) is 3. The third kappa shape index (κ3) is 2.12. The van der Waals surface area contributed by atoms with Gasteiger partial charge >= 0.3 is 5.97 Å². The van der Waals surface area contributed by atoms with Gasteiger partial charge in [0.1, 0.15) is 5.15 Å². The third-order valence-electron chi connectivity index (χ3n) is 2.90. The van der Waals surface area contributed by atoms with Crippen molar-refractivity contribution in [3.05, 3.63) is 53.3 Å². The molecule has 5 nitrogen and oxygen atoms in total. The van der Waals surface area contributed by atoms with E-state index in [1.807, 2.05) is 6.07 Å². The van der Waals surface area contributed by atoms with Crippen molar-refractivity contribution in [3.8, 4) is 11.3 Å². The van der Waals surface area contributed by atoms with Crippen molar-refractivity contribution in [2.24, 2.45) is 0 Å². The van der Waals surface area contributed by atoms with Crippen molar-refractivity contribution < 1.29 is 9.53 Å². The van der Waals surface area contributed by atoms with E-state index in [9.17, 15) is 4.79 Å². The summed E-state index contributed by atoms with van der Waals surface area (Å²) >= 11 is 6.15. The van der Waals surface area contributed by atoms with Crippen LogP contribution in [0.4, 0.5) is 0 Å². The SMILES string of the molecule is COC(=O)c1cccc(-c2cc(Cl)n3nccc3n2)c1. The van der Waals surface area contributed by atoms with E-state index in [-0.39, 0.29) is 5.97 Å². The highest BCUT2D eigenvalue weighted by Gasteiger charge is 2.10. The largest absolute Gasteiger partial charge is 0.465 e. The number of fused-ring (bicyclic) bond motifs is 1. The van der Waals surface area contributed by atoms with Crippen molar-refractivity contribution in [1.82, 2.24) is 14.6 Å². The molecular formula is C14H10ClN3O2. The van der Waals surface area contributed by atoms with Crippen molar-refractivity contribution in [2.45, 2.75) is 0 Å². The lowest BCUT2D eigenvalue weighted by atomic mass is 10.1. The van der Waals surface area contributed by atoms with Crippen LogP contribution in [0.15, 0.2) is 42.6 Å². The van der Waals surface area contributed by atoms with Crippen LogP contribution in [0.3, 0.4) is 0 Å². The zero-order valence-electron chi connectivity index (χ0n) is 10.6. The van der Waals surface area contributed by atoms with Crippen molar-refractivity contribution in [3.63, 3.8) is 0 Å². The van der Waals surface area contributed by atoms with Gasteiger partial charge in [-0.3, -0.25) is 0 Å². The molecule has 0 aliphatic rings. The van der Waals surface area contributed by atoms with E-state index in [2.05, 4.69) is 10.1 Å². The summed E-state index contributed by atoms with van der Waals surface area (Å²) in [6.07, 6.45) is 1.63. The van der Waals surface area contributed by atoms with Crippen LogP contribution < -0.4 is 0 Å². The first-order valence-electron chi connectivity index (χ1n) is 5.88. The molecule has 0 N–H and O–H groups in total. The van der Waals surface area contributed by atoms with Crippen molar-refractivity contribution in [1.29, 1.82) is 0 Å². The van der Waals surface area contributed by atoms with Gasteiger partial charge < -0.3 is 4.74 Å². The maximum Gasteiger partial charge on any atom is 0.337 e. The lowest BCUT2D eigenvalue weighted by molar-refractivity contribution is 0.0601. The standard InChI is InChI=1S/C14H10ClN3O2/c1-20-14(19)10-4-2-3-9(7-10)11-8-12(15)18-13(17-11)5-6-16-18/h2-8H,1H3. The molecule has 2 heterocycles. The Balaban J connectivity index is 2.13. The second-order valence-corrected chi connectivity index (χ2v) is 4.52. The van der Waals surface area contributed by atoms with E-state index in [0.717, 1.165) is 5.56 Å². The molecule has 0 aliphatic heterocycles. The fourth-order valence-corrected chi connectivity index (χ4v) is 2.18. The monoisotopic (exact) mass is 287 g/mol. The molecule has 20 heavy (non-hydrogen) atoms. The molecule has 0 bridgehead atoms. The number of rotatable bonds is 2. The van der Waals surface area contributed by atoms with Crippen molar-refractivity contribution >= 4 is 23.2 Å². The molecule has 0 saturated heterocycles. The maximum atomic E-state index is 11.6. The highest BCUT2D eigenvalue weighted by Crippen LogP contribution is 2.23. The summed E-state index contributed by atoms with van der Waals surface area (Å²) in [7, 11) is 1.35. The molecule has 3 rings (SSSR count). The topological polar surface area (TPSA) is 56.5 Å². The Kier molecular flexibility index (Phi) is 3.12. The lowest BCUT2D eigenvalue weighted by Crippen LogP contribution is -2.01. The molecule has 6 heteroatoms. The Morgan fingerprint density at radius 1 is 1.30 bits per heavy atom. The smallest absolute Gasteiger partial charge is 0.337 e. The second-order valence-electron chi connectivity index (χ2n) is 4.14. The molecule has 1 aromatic carbocycles. The van der Waals surface area contributed by atoms with E-state index in [1.165, 1.54) is 11.6 Å². The van der Waals surface area contributed by atoms with Gasteiger partial charge in [-0.15, -0.1) is 0 Å². The summed E-state index contributed by atoms with van der Waals surface area (Å²) in [4.78, 5) is 16.0. The molecule has 0 amide bonds. The average molecular weight is 288 g/mol. The first kappa shape index (κ1) is 12.6. The van der Waals surface area contributed by atoms with Crippen LogP contribution in [0, 0.1) is 0 Å². The first-order valence-corrected chi connectivity index (χ1v) is 6.26. The zero-order chi connectivity index (χ0) is 14.1. The number of aromatic nitrogens is 3. The average Bonchev–Trinajstić information content (AvgIpc) is 2.95. The van der Waals surface area contributed by atoms with E-state index in [4.69, 9.17) is 16.3 Å². The normalized spacial score (nSPS) is 10.7. The van der Waals surface area contributed by atoms with Crippen LogP contribution in [0.25, 0.3) is 16.9 Å². The molecule has 0 unspecified atom stereocenters. The Morgan fingerprint density at radius 2 is 2.15 bits per heavy atom. The highest BCUT2D eigenvalue weighted by molar-refractivity contribution is 6.30. The number of halogens is 1. The van der Waals surface area contributed by atoms with Gasteiger partial charge in [0.05, 0.1) is 24.6 Å². The Labute approximate surface area is 119 Å². The Morgan fingerprint density at radius 3 is 2.95 bits per heavy atom. The van der Waals surface area contributed by atoms with Gasteiger partial charge in [-0.05, 0) is 12.1 Å². The first-order chi connectivity index (χ1) is 9.69. The van der Waals surface area contributed by atoms with Crippen LogP contribution in [-0.2, 0) is 4.74 Å². The third-order valence-corrected chi connectivity index (χ3v) is 3.16. The molecule has 0 saturated carbocycles. The molecule has 3 aromatic rings. The quantitative estimate of drug-likeness (QED) is 0.537. The van der Waals surface area contributed by atoms with Gasteiger partial charge in [-0.2, -0.15) is 5.10 Å². The number of ether oxygens (including phenoxy) is 1. The summed E-state index contributed by atoms with van der Waals surface area (Å²) in [6, 6.07) is 10.5.